The van der Waals surface area contributed by atoms with Crippen LogP contribution in [0, 0.1) is 0 Å². The second-order valence-corrected chi connectivity index (χ2v) is 8.13. The molecule has 1 aliphatic carbocycles. The van der Waals surface area contributed by atoms with Gasteiger partial charge >= 0.3 is 5.97 Å². The molecule has 3 N–H and O–H groups in total. The molecule has 0 spiro atoms. The Bertz CT molecular complexity index is 700. The van der Waals surface area contributed by atoms with Crippen molar-refractivity contribution >= 4 is 21.7 Å². The van der Waals surface area contributed by atoms with Crippen LogP contribution in [-0.2, 0) is 14.8 Å². The first-order valence-corrected chi connectivity index (χ1v) is 10.6. The van der Waals surface area contributed by atoms with E-state index in [0.29, 0.717) is 25.4 Å². The molecule has 8 heteroatoms. The molecule has 1 aromatic carbocycles. The molecular weight excluding hydrogens is 356 g/mol. The van der Waals surface area contributed by atoms with Crippen molar-refractivity contribution in [3.05, 3.63) is 23.8 Å². The van der Waals surface area contributed by atoms with E-state index in [1.54, 1.807) is 0 Å². The molecule has 0 amide bonds. The van der Waals surface area contributed by atoms with Crippen LogP contribution in [0.2, 0.25) is 0 Å². The first-order chi connectivity index (χ1) is 12.4. The number of carboxylic acids is 1. The lowest BCUT2D eigenvalue weighted by atomic mass is 9.96. The topological polar surface area (TPSA) is 105 Å². The molecule has 0 saturated heterocycles. The lowest BCUT2D eigenvalue weighted by Gasteiger charge is -2.23. The first kappa shape index (κ1) is 20.7. The van der Waals surface area contributed by atoms with Gasteiger partial charge in [-0.2, -0.15) is 0 Å². The normalized spacial score (nSPS) is 15.7. The molecule has 1 aromatic rings. The van der Waals surface area contributed by atoms with Gasteiger partial charge in [0.1, 0.15) is 4.90 Å². The predicted molar refractivity (Wildman–Crippen MR) is 100 cm³/mol. The minimum absolute atomic E-state index is 0.0145. The van der Waals surface area contributed by atoms with E-state index < -0.39 is 16.0 Å². The number of sulfonamides is 1. The van der Waals surface area contributed by atoms with Gasteiger partial charge in [0, 0.05) is 25.8 Å². The SMILES string of the molecule is CCOCCCNc1ccc(C(=O)O)cc1S(=O)(=O)NC1CCCCC1. The molecule has 0 aliphatic heterocycles. The highest BCUT2D eigenvalue weighted by atomic mass is 32.2. The lowest BCUT2D eigenvalue weighted by Crippen LogP contribution is -2.36. The summed E-state index contributed by atoms with van der Waals surface area (Å²) in [7, 11) is -3.80. The molecule has 1 aliphatic rings. The number of rotatable bonds is 10. The predicted octanol–water partition coefficient (Wildman–Crippen LogP) is 2.83. The van der Waals surface area contributed by atoms with Crippen LogP contribution in [0.1, 0.15) is 55.8 Å². The zero-order valence-electron chi connectivity index (χ0n) is 15.2. The molecule has 0 atom stereocenters. The highest BCUT2D eigenvalue weighted by molar-refractivity contribution is 7.89. The molecule has 0 aromatic heterocycles. The largest absolute Gasteiger partial charge is 0.478 e. The van der Waals surface area contributed by atoms with Gasteiger partial charge < -0.3 is 15.2 Å². The van der Waals surface area contributed by atoms with E-state index in [1.807, 2.05) is 6.92 Å². The van der Waals surface area contributed by atoms with Gasteiger partial charge in [-0.3, -0.25) is 0 Å². The van der Waals surface area contributed by atoms with Crippen LogP contribution in [0.25, 0.3) is 0 Å². The van der Waals surface area contributed by atoms with Gasteiger partial charge in [-0.05, 0) is 44.4 Å². The Morgan fingerprint density at radius 2 is 2.00 bits per heavy atom. The Hall–Kier alpha value is -1.64. The van der Waals surface area contributed by atoms with Gasteiger partial charge in [0.15, 0.2) is 0 Å². The average Bonchev–Trinajstić information content (AvgIpc) is 2.62. The second kappa shape index (κ2) is 9.89. The summed E-state index contributed by atoms with van der Waals surface area (Å²) in [6.45, 7) is 3.68. The molecule has 0 bridgehead atoms. The van der Waals surface area contributed by atoms with Crippen LogP contribution in [0.15, 0.2) is 23.1 Å². The van der Waals surface area contributed by atoms with Crippen LogP contribution in [0.3, 0.4) is 0 Å². The van der Waals surface area contributed by atoms with Gasteiger partial charge in [0.2, 0.25) is 10.0 Å². The zero-order valence-corrected chi connectivity index (χ0v) is 16.0. The number of benzene rings is 1. The molecule has 0 heterocycles. The smallest absolute Gasteiger partial charge is 0.335 e. The molecule has 26 heavy (non-hydrogen) atoms. The van der Waals surface area contributed by atoms with Crippen molar-refractivity contribution in [1.29, 1.82) is 0 Å². The quantitative estimate of drug-likeness (QED) is 0.536. The number of hydrogen-bond acceptors (Lipinski definition) is 5. The fourth-order valence-electron chi connectivity index (χ4n) is 3.07. The third-order valence-electron chi connectivity index (χ3n) is 4.43. The minimum atomic E-state index is -3.80. The highest BCUT2D eigenvalue weighted by Gasteiger charge is 2.25. The van der Waals surface area contributed by atoms with Gasteiger partial charge in [-0.1, -0.05) is 19.3 Å². The van der Waals surface area contributed by atoms with Gasteiger partial charge in [0.25, 0.3) is 0 Å². The summed E-state index contributed by atoms with van der Waals surface area (Å²) < 4.78 is 33.7. The fourth-order valence-corrected chi connectivity index (χ4v) is 4.58. The third-order valence-corrected chi connectivity index (χ3v) is 5.99. The summed E-state index contributed by atoms with van der Waals surface area (Å²) in [5.41, 5.74) is 0.365. The van der Waals surface area contributed by atoms with Crippen LogP contribution in [0.4, 0.5) is 5.69 Å². The Morgan fingerprint density at radius 1 is 1.27 bits per heavy atom. The fraction of sp³-hybridized carbons (Fsp3) is 0.611. The number of carboxylic acid groups (broad SMARTS) is 1. The monoisotopic (exact) mass is 384 g/mol. The molecule has 146 valence electrons. The summed E-state index contributed by atoms with van der Waals surface area (Å²) in [6, 6.07) is 4.05. The van der Waals surface area contributed by atoms with Gasteiger partial charge in [-0.15, -0.1) is 0 Å². The van der Waals surface area contributed by atoms with Crippen molar-refractivity contribution in [2.75, 3.05) is 25.1 Å². The van der Waals surface area contributed by atoms with Crippen molar-refractivity contribution in [1.82, 2.24) is 4.72 Å². The van der Waals surface area contributed by atoms with E-state index in [-0.39, 0.29) is 16.5 Å². The van der Waals surface area contributed by atoms with Crippen molar-refractivity contribution in [3.63, 3.8) is 0 Å². The molecular formula is C18H28N2O5S. The Kier molecular flexibility index (Phi) is 7.86. The Labute approximate surface area is 155 Å². The summed E-state index contributed by atoms with van der Waals surface area (Å²) in [4.78, 5) is 11.2. The van der Waals surface area contributed by atoms with Gasteiger partial charge in [0.05, 0.1) is 11.3 Å². The maximum absolute atomic E-state index is 12.9. The number of nitrogens with one attached hydrogen (secondary N) is 2. The number of carbonyl (C=O) groups is 1. The molecule has 0 radical (unpaired) electrons. The number of aromatic carboxylic acids is 1. The standard InChI is InChI=1S/C18H28N2O5S/c1-2-25-12-6-11-19-16-10-9-14(18(21)22)13-17(16)26(23,24)20-15-7-4-3-5-8-15/h9-10,13,15,19-20H,2-8,11-12H2,1H3,(H,21,22). The van der Waals surface area contributed by atoms with Crippen LogP contribution < -0.4 is 10.0 Å². The van der Waals surface area contributed by atoms with E-state index in [1.165, 1.54) is 18.2 Å². The van der Waals surface area contributed by atoms with Gasteiger partial charge in [-0.25, -0.2) is 17.9 Å². The Balaban J connectivity index is 2.18. The Morgan fingerprint density at radius 3 is 2.65 bits per heavy atom. The molecule has 7 nitrogen and oxygen atoms in total. The van der Waals surface area contributed by atoms with Crippen molar-refractivity contribution in [3.8, 4) is 0 Å². The van der Waals surface area contributed by atoms with Crippen molar-refractivity contribution in [2.45, 2.75) is 56.4 Å². The van der Waals surface area contributed by atoms with E-state index in [9.17, 15) is 18.3 Å². The molecule has 1 fully saturated rings. The van der Waals surface area contributed by atoms with E-state index in [4.69, 9.17) is 4.74 Å². The molecule has 0 unspecified atom stereocenters. The van der Waals surface area contributed by atoms with Crippen LogP contribution >= 0.6 is 0 Å². The summed E-state index contributed by atoms with van der Waals surface area (Å²) >= 11 is 0. The van der Waals surface area contributed by atoms with E-state index >= 15 is 0 Å². The highest BCUT2D eigenvalue weighted by Crippen LogP contribution is 2.25. The summed E-state index contributed by atoms with van der Waals surface area (Å²) in [6.07, 6.45) is 5.49. The molecule has 2 rings (SSSR count). The maximum Gasteiger partial charge on any atom is 0.335 e. The average molecular weight is 384 g/mol. The lowest BCUT2D eigenvalue weighted by molar-refractivity contribution is 0.0696. The summed E-state index contributed by atoms with van der Waals surface area (Å²) in [5.74, 6) is -1.15. The van der Waals surface area contributed by atoms with Crippen LogP contribution in [0.5, 0.6) is 0 Å². The van der Waals surface area contributed by atoms with E-state index in [2.05, 4.69) is 10.0 Å². The number of ether oxygens (including phenoxy) is 1. The second-order valence-electron chi connectivity index (χ2n) is 6.45. The van der Waals surface area contributed by atoms with Crippen molar-refractivity contribution < 1.29 is 23.1 Å². The number of hydrogen-bond donors (Lipinski definition) is 3. The molecule has 1 saturated carbocycles. The number of anilines is 1. The van der Waals surface area contributed by atoms with Crippen LogP contribution in [-0.4, -0.2) is 45.3 Å². The summed E-state index contributed by atoms with van der Waals surface area (Å²) in [5, 5.41) is 12.3. The maximum atomic E-state index is 12.9. The van der Waals surface area contributed by atoms with E-state index in [0.717, 1.165) is 38.5 Å². The van der Waals surface area contributed by atoms with Crippen molar-refractivity contribution in [2.24, 2.45) is 0 Å². The minimum Gasteiger partial charge on any atom is -0.478 e. The first-order valence-electron chi connectivity index (χ1n) is 9.15. The third kappa shape index (κ3) is 5.96. The zero-order chi connectivity index (χ0) is 19.0.